The molecule has 1 aliphatic rings. The molecule has 1 atom stereocenters. The predicted molar refractivity (Wildman–Crippen MR) is 138 cm³/mol. The molecule has 1 saturated heterocycles. The lowest BCUT2D eigenvalue weighted by Crippen LogP contribution is -2.37. The van der Waals surface area contributed by atoms with Crippen molar-refractivity contribution in [2.75, 3.05) is 19.4 Å². The Labute approximate surface area is 213 Å². The summed E-state index contributed by atoms with van der Waals surface area (Å²) in [5.74, 6) is 0.964. The Bertz CT molecular complexity index is 1450. The van der Waals surface area contributed by atoms with Crippen LogP contribution in [0.15, 0.2) is 73.1 Å². The number of carbonyl (C=O) groups is 2. The normalized spacial score (nSPS) is 15.4. The van der Waals surface area contributed by atoms with Gasteiger partial charge in [-0.1, -0.05) is 18.2 Å². The first-order valence-electron chi connectivity index (χ1n) is 11.9. The molecule has 0 bridgehead atoms. The Morgan fingerprint density at radius 2 is 1.81 bits per heavy atom. The third-order valence-electron chi connectivity index (χ3n) is 6.27. The predicted octanol–water partition coefficient (Wildman–Crippen LogP) is 3.59. The summed E-state index contributed by atoms with van der Waals surface area (Å²) >= 11 is 0. The van der Waals surface area contributed by atoms with Gasteiger partial charge < -0.3 is 20.1 Å². The van der Waals surface area contributed by atoms with E-state index in [1.165, 1.54) is 19.5 Å². The van der Waals surface area contributed by atoms with E-state index < -0.39 is 5.97 Å². The summed E-state index contributed by atoms with van der Waals surface area (Å²) in [6, 6.07) is 17.0. The van der Waals surface area contributed by atoms with E-state index in [1.807, 2.05) is 54.6 Å². The van der Waals surface area contributed by atoms with Gasteiger partial charge >= 0.3 is 5.97 Å². The third-order valence-corrected chi connectivity index (χ3v) is 6.27. The first kappa shape index (κ1) is 24.0. The fraction of sp³-hybridized carbons (Fsp3) is 0.222. The van der Waals surface area contributed by atoms with E-state index in [2.05, 4.69) is 14.7 Å². The Balaban J connectivity index is 1.42. The largest absolute Gasteiger partial charge is 0.466 e. The minimum atomic E-state index is -0.570. The van der Waals surface area contributed by atoms with Crippen molar-refractivity contribution in [3.8, 4) is 22.8 Å². The van der Waals surface area contributed by atoms with Gasteiger partial charge in [0.25, 0.3) is 0 Å². The van der Waals surface area contributed by atoms with E-state index in [-0.39, 0.29) is 11.9 Å². The molecule has 188 valence electrons. The number of nitrogens with zero attached hydrogens (tertiary/aromatic N) is 5. The smallest absolute Gasteiger partial charge is 0.330 e. The first-order valence-corrected chi connectivity index (χ1v) is 11.9. The van der Waals surface area contributed by atoms with Crippen molar-refractivity contribution >= 4 is 28.7 Å². The van der Waals surface area contributed by atoms with Crippen LogP contribution in [0.5, 0.6) is 11.5 Å². The lowest BCUT2D eigenvalue weighted by molar-refractivity contribution is -0.135. The minimum absolute atomic E-state index is 0.108. The highest BCUT2D eigenvalue weighted by molar-refractivity contribution is 5.98. The highest BCUT2D eigenvalue weighted by atomic mass is 16.5. The summed E-state index contributed by atoms with van der Waals surface area (Å²) < 4.78 is 12.3. The first-order chi connectivity index (χ1) is 18.0. The van der Waals surface area contributed by atoms with Crippen LogP contribution in [-0.4, -0.2) is 56.2 Å². The molecule has 0 saturated carbocycles. The van der Waals surface area contributed by atoms with Gasteiger partial charge in [0.15, 0.2) is 5.65 Å². The molecular weight excluding hydrogens is 472 g/mol. The molecule has 2 aromatic heterocycles. The molecule has 2 aromatic carbocycles. The maximum absolute atomic E-state index is 12.7. The standard InChI is InChI=1S/C27H26N6O4/c1-36-23(35)14-13-22(34)32-15-5-6-19(32)16-33-27-24(26(28)29-17-30-27)25(31-33)18-9-11-21(12-10-18)37-20-7-3-2-4-8-20/h2-4,7-14,17,19H,5-6,15-16H2,1H3,(H2,28,29,30)/b14-13+/t19-/m1/s1. The molecule has 37 heavy (non-hydrogen) atoms. The van der Waals surface area contributed by atoms with Crippen molar-refractivity contribution in [3.63, 3.8) is 0 Å². The van der Waals surface area contributed by atoms with Crippen molar-refractivity contribution in [2.45, 2.75) is 25.4 Å². The molecule has 4 aromatic rings. The van der Waals surface area contributed by atoms with E-state index >= 15 is 0 Å². The fourth-order valence-corrected chi connectivity index (χ4v) is 4.48. The number of para-hydroxylation sites is 1. The summed E-state index contributed by atoms with van der Waals surface area (Å²) in [6.07, 6.45) is 5.45. The van der Waals surface area contributed by atoms with E-state index in [1.54, 1.807) is 9.58 Å². The molecule has 1 amide bonds. The number of hydrogen-bond donors (Lipinski definition) is 1. The average molecular weight is 499 g/mol. The van der Waals surface area contributed by atoms with E-state index in [0.717, 1.165) is 30.2 Å². The van der Waals surface area contributed by atoms with Crippen LogP contribution in [0.2, 0.25) is 0 Å². The Morgan fingerprint density at radius 1 is 1.05 bits per heavy atom. The zero-order chi connectivity index (χ0) is 25.8. The summed E-state index contributed by atoms with van der Waals surface area (Å²) in [4.78, 5) is 34.5. The third kappa shape index (κ3) is 5.13. The number of rotatable bonds is 7. The van der Waals surface area contributed by atoms with Gasteiger partial charge in [0.05, 0.1) is 25.1 Å². The van der Waals surface area contributed by atoms with Crippen molar-refractivity contribution in [1.82, 2.24) is 24.6 Å². The van der Waals surface area contributed by atoms with E-state index in [0.29, 0.717) is 41.4 Å². The molecule has 0 radical (unpaired) electrons. The molecular formula is C27H26N6O4. The fourth-order valence-electron chi connectivity index (χ4n) is 4.48. The SMILES string of the molecule is COC(=O)/C=C/C(=O)N1CCC[C@@H]1Cn1nc(-c2ccc(Oc3ccccc3)cc2)c2c(N)ncnc21. The van der Waals surface area contributed by atoms with Crippen LogP contribution < -0.4 is 10.5 Å². The molecule has 0 spiro atoms. The number of hydrogen-bond acceptors (Lipinski definition) is 8. The van der Waals surface area contributed by atoms with Crippen LogP contribution in [0.4, 0.5) is 5.82 Å². The summed E-state index contributed by atoms with van der Waals surface area (Å²) in [6.45, 7) is 1.03. The van der Waals surface area contributed by atoms with Crippen LogP contribution in [-0.2, 0) is 20.9 Å². The number of fused-ring (bicyclic) bond motifs is 1. The lowest BCUT2D eigenvalue weighted by Gasteiger charge is -2.23. The molecule has 0 unspecified atom stereocenters. The van der Waals surface area contributed by atoms with Crippen LogP contribution in [0.25, 0.3) is 22.3 Å². The van der Waals surface area contributed by atoms with E-state index in [9.17, 15) is 9.59 Å². The molecule has 0 aliphatic carbocycles. The molecule has 2 N–H and O–H groups in total. The Hall–Kier alpha value is -4.73. The number of esters is 1. The molecule has 1 fully saturated rings. The van der Waals surface area contributed by atoms with Crippen molar-refractivity contribution in [1.29, 1.82) is 0 Å². The number of likely N-dealkylation sites (tertiary alicyclic amines) is 1. The van der Waals surface area contributed by atoms with Crippen LogP contribution >= 0.6 is 0 Å². The number of ether oxygens (including phenoxy) is 2. The zero-order valence-electron chi connectivity index (χ0n) is 20.3. The van der Waals surface area contributed by atoms with Gasteiger partial charge in [0.2, 0.25) is 5.91 Å². The van der Waals surface area contributed by atoms with Gasteiger partial charge in [0, 0.05) is 24.3 Å². The number of benzene rings is 2. The van der Waals surface area contributed by atoms with Gasteiger partial charge in [-0.2, -0.15) is 5.10 Å². The minimum Gasteiger partial charge on any atom is -0.466 e. The van der Waals surface area contributed by atoms with Gasteiger partial charge in [-0.3, -0.25) is 4.79 Å². The molecule has 1 aliphatic heterocycles. The number of anilines is 1. The maximum Gasteiger partial charge on any atom is 0.330 e. The average Bonchev–Trinajstić information content (AvgIpc) is 3.54. The van der Waals surface area contributed by atoms with Crippen molar-refractivity contribution in [2.24, 2.45) is 0 Å². The zero-order valence-corrected chi connectivity index (χ0v) is 20.3. The van der Waals surface area contributed by atoms with Crippen LogP contribution in [0, 0.1) is 0 Å². The highest BCUT2D eigenvalue weighted by Crippen LogP contribution is 2.33. The second-order valence-electron chi connectivity index (χ2n) is 8.61. The maximum atomic E-state index is 12.7. The number of amides is 1. The molecule has 10 nitrogen and oxygen atoms in total. The number of nitrogen functional groups attached to an aromatic ring is 1. The summed E-state index contributed by atoms with van der Waals surface area (Å²) in [5.41, 5.74) is 8.34. The monoisotopic (exact) mass is 498 g/mol. The summed E-state index contributed by atoms with van der Waals surface area (Å²) in [5, 5.41) is 5.50. The molecule has 10 heteroatoms. The number of aromatic nitrogens is 4. The van der Waals surface area contributed by atoms with Crippen LogP contribution in [0.3, 0.4) is 0 Å². The topological polar surface area (TPSA) is 125 Å². The Morgan fingerprint density at radius 3 is 2.57 bits per heavy atom. The van der Waals surface area contributed by atoms with Crippen molar-refractivity contribution < 1.29 is 19.1 Å². The number of nitrogens with two attached hydrogens (primary N) is 1. The van der Waals surface area contributed by atoms with E-state index in [4.69, 9.17) is 15.6 Å². The molecule has 3 heterocycles. The molecule has 5 rings (SSSR count). The van der Waals surface area contributed by atoms with Gasteiger partial charge in [-0.15, -0.1) is 0 Å². The highest BCUT2D eigenvalue weighted by Gasteiger charge is 2.29. The Kier molecular flexibility index (Phi) is 6.80. The lowest BCUT2D eigenvalue weighted by atomic mass is 10.1. The van der Waals surface area contributed by atoms with Crippen LogP contribution in [0.1, 0.15) is 12.8 Å². The second-order valence-corrected chi connectivity index (χ2v) is 8.61. The van der Waals surface area contributed by atoms with Gasteiger partial charge in [0.1, 0.15) is 29.3 Å². The quantitative estimate of drug-likeness (QED) is 0.303. The second kappa shape index (κ2) is 10.5. The number of methoxy groups -OCH3 is 1. The summed E-state index contributed by atoms with van der Waals surface area (Å²) in [7, 11) is 1.27. The van der Waals surface area contributed by atoms with Gasteiger partial charge in [-0.25, -0.2) is 19.4 Å². The number of carbonyl (C=O) groups excluding carboxylic acids is 2. The van der Waals surface area contributed by atoms with Gasteiger partial charge in [-0.05, 0) is 49.2 Å². The van der Waals surface area contributed by atoms with Crippen molar-refractivity contribution in [3.05, 3.63) is 73.1 Å².